The van der Waals surface area contributed by atoms with Gasteiger partial charge in [0, 0.05) is 34.7 Å². The first-order valence-electron chi connectivity index (χ1n) is 24.5. The lowest BCUT2D eigenvalue weighted by atomic mass is 9.27. The van der Waals surface area contributed by atoms with Crippen molar-refractivity contribution in [3.05, 3.63) is 178 Å². The van der Waals surface area contributed by atoms with E-state index < -0.39 is 0 Å². The Kier molecular flexibility index (Phi) is 10.7. The van der Waals surface area contributed by atoms with E-state index in [0.29, 0.717) is 48.3 Å². The van der Waals surface area contributed by atoms with Gasteiger partial charge in [0.1, 0.15) is 0 Å². The van der Waals surface area contributed by atoms with Crippen LogP contribution >= 0.6 is 0 Å². The highest BCUT2D eigenvalue weighted by molar-refractivity contribution is 6.84. The minimum absolute atomic E-state index is 0.0501. The fourth-order valence-electron chi connectivity index (χ4n) is 12.6. The summed E-state index contributed by atoms with van der Waals surface area (Å²) in [5.74, 6) is 2.12. The normalized spacial score (nSPS) is 29.4. The molecule has 1 fully saturated rings. The van der Waals surface area contributed by atoms with Crippen LogP contribution in [0.1, 0.15) is 124 Å². The molecule has 62 heavy (non-hydrogen) atoms. The minimum atomic E-state index is -0.0752. The highest BCUT2D eigenvalue weighted by Crippen LogP contribution is 2.56. The van der Waals surface area contributed by atoms with E-state index in [-0.39, 0.29) is 16.2 Å². The van der Waals surface area contributed by atoms with Crippen molar-refractivity contribution in [3.63, 3.8) is 0 Å². The maximum atomic E-state index is 2.93. The molecule has 2 aliphatic heterocycles. The van der Waals surface area contributed by atoms with E-state index in [2.05, 4.69) is 199 Å². The number of fused-ring (bicyclic) bond motifs is 4. The van der Waals surface area contributed by atoms with E-state index in [0.717, 1.165) is 38.5 Å². The van der Waals surface area contributed by atoms with Crippen molar-refractivity contribution in [3.8, 4) is 0 Å². The molecule has 2 heterocycles. The molecule has 0 spiro atoms. The van der Waals surface area contributed by atoms with E-state index in [9.17, 15) is 0 Å². The summed E-state index contributed by atoms with van der Waals surface area (Å²) in [7, 11) is 0. The Hall–Kier alpha value is -4.50. The molecule has 8 aliphatic rings. The van der Waals surface area contributed by atoms with Gasteiger partial charge in [0.15, 0.2) is 0 Å². The van der Waals surface area contributed by atoms with Crippen LogP contribution in [0.15, 0.2) is 167 Å². The van der Waals surface area contributed by atoms with Gasteiger partial charge in [-0.05, 0) is 132 Å². The van der Waals surface area contributed by atoms with Crippen LogP contribution in [-0.4, -0.2) is 23.7 Å². The quantitative estimate of drug-likeness (QED) is 0.212. The maximum Gasteiger partial charge on any atom is 0.225 e. The average Bonchev–Trinajstić information content (AvgIpc) is 3.28. The average molecular weight is 819 g/mol. The third-order valence-electron chi connectivity index (χ3n) is 16.4. The molecular formula is C59H71BN2. The van der Waals surface area contributed by atoms with Crippen molar-refractivity contribution in [2.75, 3.05) is 4.90 Å². The summed E-state index contributed by atoms with van der Waals surface area (Å²) < 4.78 is 0. The van der Waals surface area contributed by atoms with Crippen LogP contribution in [-0.2, 0) is 10.8 Å². The number of hydrogen-bond donors (Lipinski definition) is 0. The Morgan fingerprint density at radius 2 is 1.53 bits per heavy atom. The Bertz CT molecular complexity index is 2390. The van der Waals surface area contributed by atoms with Gasteiger partial charge in [-0.3, -0.25) is 0 Å². The summed E-state index contributed by atoms with van der Waals surface area (Å²) in [4.78, 5) is 5.86. The molecule has 6 aliphatic carbocycles. The van der Waals surface area contributed by atoms with E-state index in [1.807, 2.05) is 0 Å². The van der Waals surface area contributed by atoms with Gasteiger partial charge < -0.3 is 9.80 Å². The summed E-state index contributed by atoms with van der Waals surface area (Å²) in [5, 5.41) is 0. The van der Waals surface area contributed by atoms with Crippen LogP contribution in [0.3, 0.4) is 0 Å². The van der Waals surface area contributed by atoms with Gasteiger partial charge in [-0.1, -0.05) is 188 Å². The molecule has 10 rings (SSSR count). The molecular weight excluding hydrogens is 747 g/mol. The molecule has 0 bridgehead atoms. The number of rotatable bonds is 6. The predicted molar refractivity (Wildman–Crippen MR) is 266 cm³/mol. The van der Waals surface area contributed by atoms with Gasteiger partial charge in [-0.15, -0.1) is 0 Å². The molecule has 320 valence electrons. The number of nitrogens with zero attached hydrogens (tertiary/aromatic N) is 2. The minimum Gasteiger partial charge on any atom is -0.339 e. The lowest BCUT2D eigenvalue weighted by molar-refractivity contribution is 0.262. The van der Waals surface area contributed by atoms with Crippen molar-refractivity contribution in [1.29, 1.82) is 0 Å². The third-order valence-corrected chi connectivity index (χ3v) is 16.4. The van der Waals surface area contributed by atoms with Crippen molar-refractivity contribution in [2.24, 2.45) is 29.1 Å². The zero-order valence-corrected chi connectivity index (χ0v) is 39.1. The van der Waals surface area contributed by atoms with Crippen LogP contribution in [0.2, 0.25) is 5.82 Å². The van der Waals surface area contributed by atoms with Gasteiger partial charge in [0.25, 0.3) is 0 Å². The summed E-state index contributed by atoms with van der Waals surface area (Å²) >= 11 is 0. The first-order valence-corrected chi connectivity index (χ1v) is 24.5. The molecule has 0 saturated carbocycles. The van der Waals surface area contributed by atoms with Gasteiger partial charge in [-0.25, -0.2) is 0 Å². The lowest BCUT2D eigenvalue weighted by Gasteiger charge is -2.57. The van der Waals surface area contributed by atoms with Crippen molar-refractivity contribution < 1.29 is 0 Å². The molecule has 7 atom stereocenters. The fourth-order valence-corrected chi connectivity index (χ4v) is 12.6. The highest BCUT2D eigenvalue weighted by atomic mass is 15.2. The van der Waals surface area contributed by atoms with Gasteiger partial charge in [-0.2, -0.15) is 0 Å². The highest BCUT2D eigenvalue weighted by Gasteiger charge is 2.55. The second-order valence-corrected chi connectivity index (χ2v) is 22.6. The zero-order chi connectivity index (χ0) is 43.0. The van der Waals surface area contributed by atoms with Gasteiger partial charge in [0.05, 0.1) is 6.04 Å². The predicted octanol–water partition coefficient (Wildman–Crippen LogP) is 14.2. The Morgan fingerprint density at radius 3 is 2.27 bits per heavy atom. The van der Waals surface area contributed by atoms with Crippen molar-refractivity contribution >= 4 is 17.9 Å². The Labute approximate surface area is 375 Å². The Morgan fingerprint density at radius 1 is 0.710 bits per heavy atom. The number of allylic oxidation sites excluding steroid dienone is 16. The standard InChI is InChI=1S/C59H71BN2/c1-57(2,3)45-27-19-29-49(36-45)62-53-37-46(58(4,5)6)31-33-51(53)60-50-32-30-43(41-22-14-10-15-23-41)35-52(50)61(48-28-18-24-42(34-48)40-20-12-9-13-21-40)54-38-47(39-55(62)56(54)60)59(7,8)44-25-16-11-17-26-44/h9,11-14,16-18,20,22-23,25-26,28,30-34,36-38,40,42-43,47,49-50,52H,10,15,19,21,24,27,29,35,39H2,1-8H3. The fraction of sp³-hybridized carbons (Fsp3) is 0.458. The Balaban J connectivity index is 1.23. The van der Waals surface area contributed by atoms with E-state index in [1.54, 1.807) is 22.2 Å². The van der Waals surface area contributed by atoms with Crippen LogP contribution in [0.5, 0.6) is 0 Å². The molecule has 0 amide bonds. The topological polar surface area (TPSA) is 6.48 Å². The SMILES string of the molecule is CC(C)(C)C1=CC(N2C3=C4B(c5ccc(C(C)(C)C)cc52)C2C=CC(C5=CCCC=C5)CC2N(C2=CC(C5C=CC=CC5)CC=C2)C4=CC(C(C)(C)c2ccccc2)C3)CCC1. The second-order valence-electron chi connectivity index (χ2n) is 22.6. The molecule has 2 aromatic rings. The summed E-state index contributed by atoms with van der Waals surface area (Å²) in [6.45, 7) is 19.8. The van der Waals surface area contributed by atoms with Crippen LogP contribution in [0, 0.1) is 29.1 Å². The van der Waals surface area contributed by atoms with Crippen molar-refractivity contribution in [2.45, 2.75) is 142 Å². The molecule has 0 radical (unpaired) electrons. The molecule has 2 nitrogen and oxygen atoms in total. The smallest absolute Gasteiger partial charge is 0.225 e. The molecule has 2 aromatic carbocycles. The van der Waals surface area contributed by atoms with E-state index >= 15 is 0 Å². The zero-order valence-electron chi connectivity index (χ0n) is 39.1. The lowest BCUT2D eigenvalue weighted by Crippen LogP contribution is -2.61. The summed E-state index contributed by atoms with van der Waals surface area (Å²) in [6.07, 6.45) is 45.7. The van der Waals surface area contributed by atoms with E-state index in [4.69, 9.17) is 0 Å². The molecule has 7 unspecified atom stereocenters. The van der Waals surface area contributed by atoms with Gasteiger partial charge >= 0.3 is 0 Å². The third kappa shape index (κ3) is 7.38. The second kappa shape index (κ2) is 15.9. The van der Waals surface area contributed by atoms with Crippen LogP contribution in [0.4, 0.5) is 5.69 Å². The van der Waals surface area contributed by atoms with Gasteiger partial charge in [0.2, 0.25) is 6.71 Å². The molecule has 0 aromatic heterocycles. The van der Waals surface area contributed by atoms with Crippen molar-refractivity contribution in [1.82, 2.24) is 4.90 Å². The monoisotopic (exact) mass is 819 g/mol. The molecule has 1 saturated heterocycles. The molecule has 3 heteroatoms. The maximum absolute atomic E-state index is 2.93. The number of hydrogen-bond acceptors (Lipinski definition) is 2. The number of benzene rings is 2. The van der Waals surface area contributed by atoms with Crippen LogP contribution < -0.4 is 10.4 Å². The number of anilines is 1. The first-order chi connectivity index (χ1) is 29.8. The largest absolute Gasteiger partial charge is 0.339 e. The first kappa shape index (κ1) is 41.5. The summed E-state index contributed by atoms with van der Waals surface area (Å²) in [5.41, 5.74) is 15.3. The molecule has 0 N–H and O–H groups in total. The van der Waals surface area contributed by atoms with E-state index in [1.165, 1.54) is 53.0 Å². The van der Waals surface area contributed by atoms with Crippen LogP contribution in [0.25, 0.3) is 0 Å². The summed E-state index contributed by atoms with van der Waals surface area (Å²) in [6, 6.07) is 19.8.